The molecule has 0 bridgehead atoms. The molecule has 1 aromatic rings. The van der Waals surface area contributed by atoms with E-state index >= 15 is 0 Å². The number of hydrogen-bond acceptors (Lipinski definition) is 4. The highest BCUT2D eigenvalue weighted by molar-refractivity contribution is 8.00. The molecule has 1 fully saturated rings. The lowest BCUT2D eigenvalue weighted by Crippen LogP contribution is -2.36. The summed E-state index contributed by atoms with van der Waals surface area (Å²) in [6.45, 7) is 0.113. The number of aliphatic imine (C=N–C) groups is 1. The van der Waals surface area contributed by atoms with Gasteiger partial charge in [0.2, 0.25) is 5.96 Å². The number of halogens is 1. The van der Waals surface area contributed by atoms with Crippen LogP contribution in [0, 0.1) is 0 Å². The molecule has 1 aliphatic heterocycles. The Hall–Kier alpha value is -0.430. The van der Waals surface area contributed by atoms with Gasteiger partial charge in [-0.25, -0.2) is 4.99 Å². The highest BCUT2D eigenvalue weighted by atomic mass is 35.5. The molecule has 3 N–H and O–H groups in total. The Morgan fingerprint density at radius 3 is 2.94 bits per heavy atom. The fourth-order valence-electron chi connectivity index (χ4n) is 2.38. The average Bonchev–Trinajstić information content (AvgIpc) is 2.95. The first-order valence-electron chi connectivity index (χ1n) is 5.91. The summed E-state index contributed by atoms with van der Waals surface area (Å²) in [4.78, 5) is 4.68. The van der Waals surface area contributed by atoms with Gasteiger partial charge in [0.05, 0.1) is 22.2 Å². The van der Waals surface area contributed by atoms with E-state index in [1.165, 1.54) is 23.3 Å². The van der Waals surface area contributed by atoms with E-state index in [4.69, 9.17) is 11.6 Å². The van der Waals surface area contributed by atoms with Crippen molar-refractivity contribution in [2.24, 2.45) is 4.99 Å². The number of nitrogens with one attached hydrogen (secondary N) is 2. The summed E-state index contributed by atoms with van der Waals surface area (Å²) >= 11 is 9.04. The highest BCUT2D eigenvalue weighted by Crippen LogP contribution is 2.40. The Balaban J connectivity index is 1.82. The van der Waals surface area contributed by atoms with Gasteiger partial charge in [0.1, 0.15) is 4.21 Å². The topological polar surface area (TPSA) is 56.7 Å². The van der Waals surface area contributed by atoms with Crippen LogP contribution in [-0.4, -0.2) is 23.2 Å². The number of thiophene rings is 1. The summed E-state index contributed by atoms with van der Waals surface area (Å²) in [6.07, 6.45) is 4.19. The minimum Gasteiger partial charge on any atom is -0.394 e. The Bertz CT molecular complexity index is 483. The van der Waals surface area contributed by atoms with Crippen LogP contribution in [0.5, 0.6) is 0 Å². The molecule has 0 amide bonds. The van der Waals surface area contributed by atoms with Crippen molar-refractivity contribution in [2.75, 3.05) is 11.9 Å². The second kappa shape index (κ2) is 4.92. The van der Waals surface area contributed by atoms with Crippen molar-refractivity contribution in [3.63, 3.8) is 0 Å². The number of hydrogen-bond donors (Lipinski definition) is 3. The van der Waals surface area contributed by atoms with E-state index in [-0.39, 0.29) is 12.1 Å². The van der Waals surface area contributed by atoms with Crippen molar-refractivity contribution in [1.82, 2.24) is 4.72 Å². The fraction of sp³-hybridized carbons (Fsp3) is 0.545. The third-order valence-corrected chi connectivity index (χ3v) is 5.60. The van der Waals surface area contributed by atoms with Gasteiger partial charge in [-0.3, -0.25) is 4.72 Å². The summed E-state index contributed by atoms with van der Waals surface area (Å²) in [5.74, 6) is 0.720. The lowest BCUT2D eigenvalue weighted by atomic mass is 10.0. The van der Waals surface area contributed by atoms with Gasteiger partial charge in [0.15, 0.2) is 0 Å². The quantitative estimate of drug-likeness (QED) is 0.735. The fourth-order valence-corrected chi connectivity index (χ4v) is 4.50. The minimum atomic E-state index is -0.298. The first-order chi connectivity index (χ1) is 8.71. The number of aliphatic hydroxyl groups excluding tert-OH is 1. The van der Waals surface area contributed by atoms with Gasteiger partial charge in [0.25, 0.3) is 0 Å². The molecule has 0 spiro atoms. The molecule has 1 saturated carbocycles. The van der Waals surface area contributed by atoms with Crippen molar-refractivity contribution in [1.29, 1.82) is 0 Å². The Labute approximate surface area is 119 Å². The molecule has 2 heterocycles. The number of rotatable bonds is 2. The van der Waals surface area contributed by atoms with Crippen LogP contribution in [-0.2, 0) is 0 Å². The molecule has 2 aliphatic rings. The zero-order valence-electron chi connectivity index (χ0n) is 9.70. The molecule has 0 atom stereocenters. The summed E-state index contributed by atoms with van der Waals surface area (Å²) in [7, 11) is 0. The lowest BCUT2D eigenvalue weighted by molar-refractivity contribution is 0.201. The van der Waals surface area contributed by atoms with E-state index < -0.39 is 0 Å². The van der Waals surface area contributed by atoms with Gasteiger partial charge in [-0.2, -0.15) is 0 Å². The van der Waals surface area contributed by atoms with E-state index in [1.54, 1.807) is 0 Å². The predicted octanol–water partition coefficient (Wildman–Crippen LogP) is 3.08. The third kappa shape index (κ3) is 2.34. The summed E-state index contributed by atoms with van der Waals surface area (Å²) < 4.78 is 5.05. The zero-order valence-corrected chi connectivity index (χ0v) is 12.1. The van der Waals surface area contributed by atoms with Gasteiger partial charge < -0.3 is 10.4 Å². The molecule has 1 aromatic heterocycles. The van der Waals surface area contributed by atoms with Crippen LogP contribution in [0.2, 0.25) is 4.34 Å². The molecule has 0 aromatic carbocycles. The third-order valence-electron chi connectivity index (χ3n) is 3.34. The van der Waals surface area contributed by atoms with Gasteiger partial charge >= 0.3 is 0 Å². The van der Waals surface area contributed by atoms with Gasteiger partial charge in [0, 0.05) is 11.9 Å². The lowest BCUT2D eigenvalue weighted by Gasteiger charge is -2.25. The first kappa shape index (κ1) is 12.6. The van der Waals surface area contributed by atoms with Crippen molar-refractivity contribution in [3.05, 3.63) is 10.4 Å². The molecule has 18 heavy (non-hydrogen) atoms. The Kier molecular flexibility index (Phi) is 3.44. The molecule has 3 rings (SSSR count). The normalized spacial score (nSPS) is 23.6. The van der Waals surface area contributed by atoms with Crippen LogP contribution in [0.3, 0.4) is 0 Å². The molecule has 0 radical (unpaired) electrons. The second-order valence-electron chi connectivity index (χ2n) is 4.63. The van der Waals surface area contributed by atoms with Crippen LogP contribution < -0.4 is 10.0 Å². The van der Waals surface area contributed by atoms with Crippen LogP contribution in [0.4, 0.5) is 5.69 Å². The van der Waals surface area contributed by atoms with E-state index in [1.807, 2.05) is 6.07 Å². The van der Waals surface area contributed by atoms with Crippen LogP contribution >= 0.6 is 34.9 Å². The van der Waals surface area contributed by atoms with E-state index in [0.29, 0.717) is 0 Å². The van der Waals surface area contributed by atoms with Crippen molar-refractivity contribution >= 4 is 46.5 Å². The first-order valence-corrected chi connectivity index (χ1v) is 7.92. The number of nitrogens with zero attached hydrogens (tertiary/aromatic N) is 1. The smallest absolute Gasteiger partial charge is 0.206 e. The monoisotopic (exact) mass is 303 g/mol. The van der Waals surface area contributed by atoms with E-state index in [9.17, 15) is 5.11 Å². The van der Waals surface area contributed by atoms with Crippen molar-refractivity contribution < 1.29 is 5.11 Å². The number of fused-ring (bicyclic) bond motifs is 1. The number of aliphatic hydroxyl groups is 1. The van der Waals surface area contributed by atoms with E-state index in [2.05, 4.69) is 15.0 Å². The Morgan fingerprint density at radius 2 is 2.22 bits per heavy atom. The maximum atomic E-state index is 9.56. The van der Waals surface area contributed by atoms with Gasteiger partial charge in [-0.1, -0.05) is 24.4 Å². The van der Waals surface area contributed by atoms with Gasteiger partial charge in [-0.05, 0) is 18.9 Å². The Morgan fingerprint density at radius 1 is 1.44 bits per heavy atom. The molecule has 0 unspecified atom stereocenters. The van der Waals surface area contributed by atoms with Crippen molar-refractivity contribution in [3.8, 4) is 0 Å². The largest absolute Gasteiger partial charge is 0.394 e. The van der Waals surface area contributed by atoms with Crippen LogP contribution in [0.1, 0.15) is 25.7 Å². The maximum absolute atomic E-state index is 9.56. The standard InChI is InChI=1S/C11H14ClN3OS2/c12-8-5-7-9(17-8)18-15-10(13-7)14-11(6-16)3-1-2-4-11/h5,16H,1-4,6H2,(H2,13,14,15). The molecule has 4 nitrogen and oxygen atoms in total. The zero-order chi connectivity index (χ0) is 12.6. The number of anilines is 1. The second-order valence-corrected chi connectivity index (χ2v) is 7.39. The molecular weight excluding hydrogens is 290 g/mol. The van der Waals surface area contributed by atoms with Gasteiger partial charge in [-0.15, -0.1) is 11.3 Å². The molecular formula is C11H14ClN3OS2. The number of guanidine groups is 1. The van der Waals surface area contributed by atoms with Crippen molar-refractivity contribution in [2.45, 2.75) is 35.4 Å². The molecule has 98 valence electrons. The highest BCUT2D eigenvalue weighted by Gasteiger charge is 2.34. The van der Waals surface area contributed by atoms with E-state index in [0.717, 1.165) is 45.9 Å². The van der Waals surface area contributed by atoms with Crippen LogP contribution in [0.15, 0.2) is 15.3 Å². The molecule has 7 heteroatoms. The average molecular weight is 304 g/mol. The maximum Gasteiger partial charge on any atom is 0.206 e. The summed E-state index contributed by atoms with van der Waals surface area (Å²) in [5, 5.41) is 12.8. The molecule has 0 saturated heterocycles. The summed E-state index contributed by atoms with van der Waals surface area (Å²) in [6, 6.07) is 1.91. The summed E-state index contributed by atoms with van der Waals surface area (Å²) in [5.41, 5.74) is 0.700. The molecule has 1 aliphatic carbocycles. The SMILES string of the molecule is OCC1(N=C2NSc3sc(Cl)cc3N2)CCCC1. The predicted molar refractivity (Wildman–Crippen MR) is 77.7 cm³/mol. The minimum absolute atomic E-state index is 0.113. The van der Waals surface area contributed by atoms with Crippen LogP contribution in [0.25, 0.3) is 0 Å².